The average molecular weight is 194 g/mol. The molecule has 0 spiro atoms. The number of fused-ring (bicyclic) bond motifs is 3. The maximum Gasteiger partial charge on any atom is 0.0278 e. The average Bonchev–Trinajstić information content (AvgIpc) is 2.72. The van der Waals surface area contributed by atoms with Crippen LogP contribution in [0.4, 0.5) is 0 Å². The lowest BCUT2D eigenvalue weighted by Gasteiger charge is -2.52. The molecule has 2 heteroatoms. The zero-order chi connectivity index (χ0) is 9.54. The first-order valence-electron chi connectivity index (χ1n) is 6.36. The summed E-state index contributed by atoms with van der Waals surface area (Å²) in [6.45, 7) is 2.67. The Morgan fingerprint density at radius 1 is 0.857 bits per heavy atom. The number of nitrogens with two attached hydrogens (primary N) is 1. The highest BCUT2D eigenvalue weighted by atomic mass is 15.2. The lowest BCUT2D eigenvalue weighted by molar-refractivity contribution is -0.000782. The van der Waals surface area contributed by atoms with Crippen LogP contribution in [0.1, 0.15) is 38.5 Å². The topological polar surface area (TPSA) is 29.3 Å². The molecular formula is C12H22N2. The van der Waals surface area contributed by atoms with Crippen molar-refractivity contribution < 1.29 is 0 Å². The second-order valence-corrected chi connectivity index (χ2v) is 5.49. The van der Waals surface area contributed by atoms with Gasteiger partial charge in [-0.25, -0.2) is 0 Å². The SMILES string of the molecule is NC1C2CCN(CC2)C1C1CCCC1. The van der Waals surface area contributed by atoms with Crippen molar-refractivity contribution in [2.45, 2.75) is 50.6 Å². The molecule has 1 aliphatic carbocycles. The van der Waals surface area contributed by atoms with Crippen LogP contribution in [0.2, 0.25) is 0 Å². The summed E-state index contributed by atoms with van der Waals surface area (Å²) in [6, 6.07) is 1.26. The van der Waals surface area contributed by atoms with Gasteiger partial charge in [0.05, 0.1) is 0 Å². The molecule has 3 heterocycles. The fraction of sp³-hybridized carbons (Fsp3) is 1.00. The zero-order valence-electron chi connectivity index (χ0n) is 8.99. The van der Waals surface area contributed by atoms with Crippen molar-refractivity contribution in [2.75, 3.05) is 13.1 Å². The van der Waals surface area contributed by atoms with Gasteiger partial charge in [0.15, 0.2) is 0 Å². The van der Waals surface area contributed by atoms with Crippen LogP contribution in [0.15, 0.2) is 0 Å². The maximum absolute atomic E-state index is 6.40. The van der Waals surface area contributed by atoms with Gasteiger partial charge in [-0.3, -0.25) is 4.90 Å². The number of rotatable bonds is 1. The molecule has 2 unspecified atom stereocenters. The van der Waals surface area contributed by atoms with Gasteiger partial charge in [0.2, 0.25) is 0 Å². The van der Waals surface area contributed by atoms with Gasteiger partial charge in [0, 0.05) is 12.1 Å². The van der Waals surface area contributed by atoms with Crippen molar-refractivity contribution in [3.05, 3.63) is 0 Å². The highest BCUT2D eigenvalue weighted by Crippen LogP contribution is 2.39. The molecule has 2 bridgehead atoms. The van der Waals surface area contributed by atoms with E-state index in [-0.39, 0.29) is 0 Å². The Labute approximate surface area is 86.8 Å². The summed E-state index contributed by atoms with van der Waals surface area (Å²) in [5.74, 6) is 1.79. The van der Waals surface area contributed by atoms with E-state index in [1.165, 1.54) is 51.6 Å². The van der Waals surface area contributed by atoms with Crippen LogP contribution in [-0.4, -0.2) is 30.1 Å². The van der Waals surface area contributed by atoms with E-state index < -0.39 is 0 Å². The van der Waals surface area contributed by atoms with Gasteiger partial charge in [0.1, 0.15) is 0 Å². The first-order chi connectivity index (χ1) is 6.86. The molecule has 0 aromatic heterocycles. The van der Waals surface area contributed by atoms with Gasteiger partial charge in [-0.05, 0) is 50.6 Å². The molecule has 0 aromatic rings. The lowest BCUT2D eigenvalue weighted by atomic mass is 9.74. The van der Waals surface area contributed by atoms with Crippen LogP contribution in [0, 0.1) is 11.8 Å². The first kappa shape index (κ1) is 9.17. The van der Waals surface area contributed by atoms with Crippen molar-refractivity contribution in [3.8, 4) is 0 Å². The van der Waals surface area contributed by atoms with E-state index in [2.05, 4.69) is 4.90 Å². The minimum atomic E-state index is 0.501. The van der Waals surface area contributed by atoms with E-state index >= 15 is 0 Å². The zero-order valence-corrected chi connectivity index (χ0v) is 8.99. The number of nitrogens with zero attached hydrogens (tertiary/aromatic N) is 1. The minimum Gasteiger partial charge on any atom is -0.326 e. The molecule has 3 aliphatic heterocycles. The standard InChI is InChI=1S/C12H22N2/c13-11-9-5-7-14(8-6-9)12(11)10-3-1-2-4-10/h9-12H,1-8,13H2. The van der Waals surface area contributed by atoms with Crippen LogP contribution in [0.25, 0.3) is 0 Å². The Morgan fingerprint density at radius 3 is 2.07 bits per heavy atom. The predicted octanol–water partition coefficient (Wildman–Crippen LogP) is 1.60. The van der Waals surface area contributed by atoms with Crippen molar-refractivity contribution in [3.63, 3.8) is 0 Å². The maximum atomic E-state index is 6.40. The summed E-state index contributed by atoms with van der Waals surface area (Å²) in [6.07, 6.45) is 8.52. The third-order valence-electron chi connectivity index (χ3n) is 4.82. The molecule has 4 rings (SSSR count). The molecule has 2 atom stereocenters. The van der Waals surface area contributed by atoms with Crippen LogP contribution >= 0.6 is 0 Å². The molecule has 1 saturated carbocycles. The second-order valence-electron chi connectivity index (χ2n) is 5.49. The normalized spacial score (nSPS) is 48.6. The number of hydrogen-bond acceptors (Lipinski definition) is 2. The molecule has 0 aromatic carbocycles. The summed E-state index contributed by atoms with van der Waals surface area (Å²) in [4.78, 5) is 2.70. The molecule has 0 radical (unpaired) electrons. The van der Waals surface area contributed by atoms with E-state index in [1.807, 2.05) is 0 Å². The predicted molar refractivity (Wildman–Crippen MR) is 58.0 cm³/mol. The Hall–Kier alpha value is -0.0800. The van der Waals surface area contributed by atoms with Crippen LogP contribution in [0.5, 0.6) is 0 Å². The smallest absolute Gasteiger partial charge is 0.0278 e. The quantitative estimate of drug-likeness (QED) is 0.687. The largest absolute Gasteiger partial charge is 0.326 e. The number of hydrogen-bond donors (Lipinski definition) is 1. The van der Waals surface area contributed by atoms with Crippen molar-refractivity contribution >= 4 is 0 Å². The van der Waals surface area contributed by atoms with Gasteiger partial charge < -0.3 is 5.73 Å². The molecule has 3 saturated heterocycles. The van der Waals surface area contributed by atoms with Gasteiger partial charge in [-0.2, -0.15) is 0 Å². The molecular weight excluding hydrogens is 172 g/mol. The third-order valence-corrected chi connectivity index (χ3v) is 4.82. The minimum absolute atomic E-state index is 0.501. The first-order valence-corrected chi connectivity index (χ1v) is 6.36. The third kappa shape index (κ3) is 1.31. The Bertz CT molecular complexity index is 198. The summed E-state index contributed by atoms with van der Waals surface area (Å²) in [5.41, 5.74) is 6.40. The Balaban J connectivity index is 1.77. The molecule has 2 nitrogen and oxygen atoms in total. The van der Waals surface area contributed by atoms with Gasteiger partial charge >= 0.3 is 0 Å². The van der Waals surface area contributed by atoms with E-state index in [4.69, 9.17) is 5.73 Å². The summed E-state index contributed by atoms with van der Waals surface area (Å²) < 4.78 is 0. The van der Waals surface area contributed by atoms with Gasteiger partial charge in [0.25, 0.3) is 0 Å². The molecule has 80 valence electrons. The second kappa shape index (κ2) is 3.49. The van der Waals surface area contributed by atoms with Crippen molar-refractivity contribution in [1.82, 2.24) is 4.90 Å². The molecule has 14 heavy (non-hydrogen) atoms. The highest BCUT2D eigenvalue weighted by molar-refractivity contribution is 5.00. The van der Waals surface area contributed by atoms with E-state index in [1.54, 1.807) is 0 Å². The summed E-state index contributed by atoms with van der Waals surface area (Å²) in [5, 5.41) is 0. The molecule has 4 fully saturated rings. The number of piperidine rings is 3. The Kier molecular flexibility index (Phi) is 2.29. The molecule has 2 N–H and O–H groups in total. The van der Waals surface area contributed by atoms with E-state index in [0.717, 1.165) is 17.9 Å². The van der Waals surface area contributed by atoms with Crippen molar-refractivity contribution in [1.29, 1.82) is 0 Å². The highest BCUT2D eigenvalue weighted by Gasteiger charge is 2.44. The Morgan fingerprint density at radius 2 is 1.50 bits per heavy atom. The molecule has 0 amide bonds. The fourth-order valence-electron chi connectivity index (χ4n) is 4.04. The van der Waals surface area contributed by atoms with Gasteiger partial charge in [-0.15, -0.1) is 0 Å². The van der Waals surface area contributed by atoms with E-state index in [0.29, 0.717) is 6.04 Å². The summed E-state index contributed by atoms with van der Waals surface area (Å²) >= 11 is 0. The fourth-order valence-corrected chi connectivity index (χ4v) is 4.04. The summed E-state index contributed by atoms with van der Waals surface area (Å²) in [7, 11) is 0. The van der Waals surface area contributed by atoms with Crippen LogP contribution in [0.3, 0.4) is 0 Å². The van der Waals surface area contributed by atoms with Crippen molar-refractivity contribution in [2.24, 2.45) is 17.6 Å². The van der Waals surface area contributed by atoms with Crippen LogP contribution < -0.4 is 5.73 Å². The van der Waals surface area contributed by atoms with Crippen LogP contribution in [-0.2, 0) is 0 Å². The lowest BCUT2D eigenvalue weighted by Crippen LogP contribution is -2.63. The van der Waals surface area contributed by atoms with E-state index in [9.17, 15) is 0 Å². The van der Waals surface area contributed by atoms with Gasteiger partial charge in [-0.1, -0.05) is 12.8 Å². The molecule has 4 aliphatic rings. The monoisotopic (exact) mass is 194 g/mol.